The number of halogens is 1. The van der Waals surface area contributed by atoms with Gasteiger partial charge in [-0.2, -0.15) is 0 Å². The highest BCUT2D eigenvalue weighted by Gasteiger charge is 2.21. The smallest absolute Gasteiger partial charge is 0.414 e. The van der Waals surface area contributed by atoms with E-state index < -0.39 is 6.09 Å². The van der Waals surface area contributed by atoms with Gasteiger partial charge in [-0.3, -0.25) is 10.3 Å². The minimum absolute atomic E-state index is 0.0688. The van der Waals surface area contributed by atoms with Gasteiger partial charge in [-0.1, -0.05) is 17.3 Å². The molecule has 0 saturated heterocycles. The first-order chi connectivity index (χ1) is 15.1. The lowest BCUT2D eigenvalue weighted by Gasteiger charge is -2.08. The Labute approximate surface area is 177 Å². The number of carbonyl (C=O) groups excluding carboxylic acids is 1. The number of anilines is 1. The highest BCUT2D eigenvalue weighted by molar-refractivity contribution is 5.94. The Hall–Kier alpha value is -4.20. The number of ether oxygens (including phenoxy) is 2. The molecule has 156 valence electrons. The predicted octanol–water partition coefficient (Wildman–Crippen LogP) is 5.30. The second-order valence-corrected chi connectivity index (χ2v) is 6.53. The number of methoxy groups -OCH3 is 1. The number of hydrogen-bond acceptors (Lipinski definition) is 6. The van der Waals surface area contributed by atoms with E-state index in [2.05, 4.69) is 15.5 Å². The van der Waals surface area contributed by atoms with Crippen molar-refractivity contribution >= 4 is 12.0 Å². The molecule has 0 aliphatic heterocycles. The van der Waals surface area contributed by atoms with Gasteiger partial charge in [-0.25, -0.2) is 9.18 Å². The summed E-state index contributed by atoms with van der Waals surface area (Å²) in [6.07, 6.45) is 2.53. The third-order valence-electron chi connectivity index (χ3n) is 4.52. The molecule has 2 heterocycles. The summed E-state index contributed by atoms with van der Waals surface area (Å²) in [7, 11) is 1.58. The summed E-state index contributed by atoms with van der Waals surface area (Å²) in [5.41, 5.74) is 3.15. The van der Waals surface area contributed by atoms with E-state index in [1.807, 2.05) is 0 Å². The number of pyridine rings is 1. The summed E-state index contributed by atoms with van der Waals surface area (Å²) in [5, 5.41) is 6.67. The van der Waals surface area contributed by atoms with Crippen LogP contribution in [0, 0.1) is 5.82 Å². The van der Waals surface area contributed by atoms with Crippen LogP contribution in [0.15, 0.2) is 77.6 Å². The number of hydrogen-bond donors (Lipinski definition) is 1. The van der Waals surface area contributed by atoms with Crippen LogP contribution in [-0.4, -0.2) is 23.3 Å². The Morgan fingerprint density at radius 3 is 2.39 bits per heavy atom. The average molecular weight is 419 g/mol. The highest BCUT2D eigenvalue weighted by atomic mass is 19.1. The first-order valence-corrected chi connectivity index (χ1v) is 9.37. The molecule has 4 rings (SSSR count). The molecule has 7 nitrogen and oxygen atoms in total. The van der Waals surface area contributed by atoms with Gasteiger partial charge < -0.3 is 14.0 Å². The van der Waals surface area contributed by atoms with E-state index in [1.165, 1.54) is 12.1 Å². The monoisotopic (exact) mass is 419 g/mol. The number of nitrogens with zero attached hydrogens (tertiary/aromatic N) is 2. The molecule has 1 N–H and O–H groups in total. The quantitative estimate of drug-likeness (QED) is 0.456. The second kappa shape index (κ2) is 9.08. The first-order valence-electron chi connectivity index (χ1n) is 9.37. The van der Waals surface area contributed by atoms with E-state index in [4.69, 9.17) is 14.0 Å². The first kappa shape index (κ1) is 20.1. The molecule has 0 unspecified atom stereocenters. The maximum absolute atomic E-state index is 13.3. The second-order valence-electron chi connectivity index (χ2n) is 6.53. The Balaban J connectivity index is 1.56. The van der Waals surface area contributed by atoms with E-state index in [9.17, 15) is 9.18 Å². The molecule has 0 radical (unpaired) electrons. The van der Waals surface area contributed by atoms with Gasteiger partial charge in [-0.15, -0.1) is 0 Å². The van der Waals surface area contributed by atoms with Crippen LogP contribution in [0.25, 0.3) is 22.4 Å². The molecule has 0 bridgehead atoms. The molecular weight excluding hydrogens is 401 g/mol. The number of carbonyl (C=O) groups is 1. The summed E-state index contributed by atoms with van der Waals surface area (Å²) in [6.45, 7) is 0.0688. The fourth-order valence-electron chi connectivity index (χ4n) is 2.97. The van der Waals surface area contributed by atoms with Crippen LogP contribution in [0.4, 0.5) is 15.1 Å². The molecule has 0 fully saturated rings. The van der Waals surface area contributed by atoms with Crippen LogP contribution in [0.1, 0.15) is 5.56 Å². The number of aromatic nitrogens is 2. The highest BCUT2D eigenvalue weighted by Crippen LogP contribution is 2.37. The standard InChI is InChI=1S/C23H18FN3O4/c1-29-19-8-2-15(3-9-19)14-30-23(28)26-22-20(16-10-12-25-13-11-16)21(27-31-22)17-4-6-18(24)7-5-17/h2-13H,14H2,1H3,(H,26,28). The van der Waals surface area contributed by atoms with Crippen LogP contribution >= 0.6 is 0 Å². The van der Waals surface area contributed by atoms with E-state index in [-0.39, 0.29) is 18.3 Å². The maximum Gasteiger partial charge on any atom is 0.414 e. The summed E-state index contributed by atoms with van der Waals surface area (Å²) in [5.74, 6) is 0.466. The lowest BCUT2D eigenvalue weighted by atomic mass is 10.0. The van der Waals surface area contributed by atoms with Crippen LogP contribution in [0.3, 0.4) is 0 Å². The van der Waals surface area contributed by atoms with Gasteiger partial charge >= 0.3 is 6.09 Å². The molecule has 0 atom stereocenters. The van der Waals surface area contributed by atoms with Crippen molar-refractivity contribution in [3.05, 3.63) is 84.4 Å². The van der Waals surface area contributed by atoms with Crippen LogP contribution in [0.2, 0.25) is 0 Å². The number of rotatable bonds is 6. The van der Waals surface area contributed by atoms with Crippen molar-refractivity contribution < 1.29 is 23.2 Å². The Bertz CT molecular complexity index is 1160. The molecule has 0 aliphatic carbocycles. The number of amides is 1. The third kappa shape index (κ3) is 4.69. The molecule has 2 aromatic carbocycles. The van der Waals surface area contributed by atoms with Gasteiger partial charge in [0.15, 0.2) is 0 Å². The van der Waals surface area contributed by atoms with E-state index >= 15 is 0 Å². The van der Waals surface area contributed by atoms with E-state index in [1.54, 1.807) is 68.0 Å². The number of benzene rings is 2. The van der Waals surface area contributed by atoms with Crippen molar-refractivity contribution in [1.82, 2.24) is 10.1 Å². The van der Waals surface area contributed by atoms with Crippen molar-refractivity contribution in [2.24, 2.45) is 0 Å². The average Bonchev–Trinajstić information content (AvgIpc) is 3.22. The Morgan fingerprint density at radius 1 is 1.00 bits per heavy atom. The molecule has 4 aromatic rings. The zero-order valence-electron chi connectivity index (χ0n) is 16.5. The predicted molar refractivity (Wildman–Crippen MR) is 112 cm³/mol. The molecule has 8 heteroatoms. The van der Waals surface area contributed by atoms with Gasteiger partial charge in [-0.05, 0) is 59.7 Å². The van der Waals surface area contributed by atoms with E-state index in [0.29, 0.717) is 22.6 Å². The van der Waals surface area contributed by atoms with Crippen LogP contribution in [-0.2, 0) is 11.3 Å². The van der Waals surface area contributed by atoms with Gasteiger partial charge in [0, 0.05) is 18.0 Å². The Kier molecular flexibility index (Phi) is 5.89. The summed E-state index contributed by atoms with van der Waals surface area (Å²) >= 11 is 0. The van der Waals surface area contributed by atoms with Crippen LogP contribution < -0.4 is 10.1 Å². The van der Waals surface area contributed by atoms with Crippen molar-refractivity contribution in [2.75, 3.05) is 12.4 Å². The molecule has 2 aromatic heterocycles. The zero-order valence-corrected chi connectivity index (χ0v) is 16.5. The lowest BCUT2D eigenvalue weighted by molar-refractivity contribution is 0.154. The molecule has 0 saturated carbocycles. The topological polar surface area (TPSA) is 86.5 Å². The lowest BCUT2D eigenvalue weighted by Crippen LogP contribution is -2.13. The van der Waals surface area contributed by atoms with Crippen molar-refractivity contribution in [3.63, 3.8) is 0 Å². The molecular formula is C23H18FN3O4. The van der Waals surface area contributed by atoms with Crippen molar-refractivity contribution in [1.29, 1.82) is 0 Å². The summed E-state index contributed by atoms with van der Waals surface area (Å²) in [6, 6.07) is 16.5. The van der Waals surface area contributed by atoms with Crippen molar-refractivity contribution in [3.8, 4) is 28.1 Å². The minimum atomic E-state index is -0.701. The molecule has 0 aliphatic rings. The molecule has 31 heavy (non-hydrogen) atoms. The maximum atomic E-state index is 13.3. The van der Waals surface area contributed by atoms with E-state index in [0.717, 1.165) is 11.1 Å². The summed E-state index contributed by atoms with van der Waals surface area (Å²) in [4.78, 5) is 16.4. The van der Waals surface area contributed by atoms with Crippen molar-refractivity contribution in [2.45, 2.75) is 6.61 Å². The fourth-order valence-corrected chi connectivity index (χ4v) is 2.97. The summed E-state index contributed by atoms with van der Waals surface area (Å²) < 4.78 is 29.1. The zero-order chi connectivity index (χ0) is 21.6. The Morgan fingerprint density at radius 2 is 1.71 bits per heavy atom. The number of nitrogens with one attached hydrogen (secondary N) is 1. The largest absolute Gasteiger partial charge is 0.497 e. The molecule has 1 amide bonds. The van der Waals surface area contributed by atoms with Gasteiger partial charge in [0.1, 0.15) is 23.9 Å². The third-order valence-corrected chi connectivity index (χ3v) is 4.52. The van der Waals surface area contributed by atoms with Gasteiger partial charge in [0.25, 0.3) is 0 Å². The van der Waals surface area contributed by atoms with Gasteiger partial charge in [0.2, 0.25) is 5.88 Å². The molecule has 0 spiro atoms. The van der Waals surface area contributed by atoms with Crippen LogP contribution in [0.5, 0.6) is 5.75 Å². The van der Waals surface area contributed by atoms with Gasteiger partial charge in [0.05, 0.1) is 12.7 Å². The normalized spacial score (nSPS) is 10.5. The SMILES string of the molecule is COc1ccc(COC(=O)Nc2onc(-c3ccc(F)cc3)c2-c2ccncc2)cc1. The fraction of sp³-hybridized carbons (Fsp3) is 0.0870. The minimum Gasteiger partial charge on any atom is -0.497 e.